The Bertz CT molecular complexity index is 820. The summed E-state index contributed by atoms with van der Waals surface area (Å²) in [4.78, 5) is 41.7. The van der Waals surface area contributed by atoms with Gasteiger partial charge in [0.1, 0.15) is 0 Å². The van der Waals surface area contributed by atoms with Gasteiger partial charge >= 0.3 is 0 Å². The zero-order valence-electron chi connectivity index (χ0n) is 16.3. The fourth-order valence-electron chi connectivity index (χ4n) is 3.20. The highest BCUT2D eigenvalue weighted by Crippen LogP contribution is 2.12. The van der Waals surface area contributed by atoms with Crippen molar-refractivity contribution in [3.05, 3.63) is 59.5 Å². The van der Waals surface area contributed by atoms with Gasteiger partial charge in [0.05, 0.1) is 6.26 Å². The van der Waals surface area contributed by atoms with E-state index in [1.165, 1.54) is 11.2 Å². The lowest BCUT2D eigenvalue weighted by atomic mass is 10.1. The van der Waals surface area contributed by atoms with Gasteiger partial charge < -0.3 is 19.1 Å². The number of amides is 3. The Morgan fingerprint density at radius 1 is 0.964 bits per heavy atom. The van der Waals surface area contributed by atoms with Gasteiger partial charge in [-0.05, 0) is 36.2 Å². The van der Waals surface area contributed by atoms with Crippen molar-refractivity contribution < 1.29 is 18.8 Å². The molecule has 3 rings (SSSR count). The molecule has 0 radical (unpaired) electrons. The van der Waals surface area contributed by atoms with E-state index in [1.807, 2.05) is 12.1 Å². The van der Waals surface area contributed by atoms with Gasteiger partial charge in [0.2, 0.25) is 5.91 Å². The van der Waals surface area contributed by atoms with Crippen molar-refractivity contribution in [1.29, 1.82) is 0 Å². The monoisotopic (exact) mass is 383 g/mol. The predicted octanol–water partition coefficient (Wildman–Crippen LogP) is 1.90. The second-order valence-electron chi connectivity index (χ2n) is 7.05. The third-order valence-electron chi connectivity index (χ3n) is 4.89. The van der Waals surface area contributed by atoms with Gasteiger partial charge in [-0.3, -0.25) is 14.4 Å². The predicted molar refractivity (Wildman–Crippen MR) is 104 cm³/mol. The molecule has 2 heterocycles. The van der Waals surface area contributed by atoms with E-state index >= 15 is 0 Å². The highest BCUT2D eigenvalue weighted by Gasteiger charge is 2.25. The molecule has 28 heavy (non-hydrogen) atoms. The van der Waals surface area contributed by atoms with Crippen LogP contribution in [0.15, 0.2) is 47.1 Å². The molecule has 1 aromatic carbocycles. The summed E-state index contributed by atoms with van der Waals surface area (Å²) < 4.78 is 5.15. The highest BCUT2D eigenvalue weighted by molar-refractivity contribution is 5.94. The lowest BCUT2D eigenvalue weighted by molar-refractivity contribution is -0.132. The first kappa shape index (κ1) is 19.7. The van der Waals surface area contributed by atoms with E-state index in [0.29, 0.717) is 50.3 Å². The Kier molecular flexibility index (Phi) is 6.13. The minimum absolute atomic E-state index is 0.0374. The average molecular weight is 383 g/mol. The number of hydrogen-bond donors (Lipinski definition) is 0. The molecule has 0 N–H and O–H groups in total. The molecule has 7 heteroatoms. The van der Waals surface area contributed by atoms with Gasteiger partial charge in [-0.1, -0.05) is 12.1 Å². The number of piperazine rings is 1. The van der Waals surface area contributed by atoms with Gasteiger partial charge in [-0.2, -0.15) is 0 Å². The van der Waals surface area contributed by atoms with Crippen LogP contribution in [0.3, 0.4) is 0 Å². The normalized spacial score (nSPS) is 14.1. The summed E-state index contributed by atoms with van der Waals surface area (Å²) in [5.41, 5.74) is 1.66. The molecule has 2 aromatic rings. The van der Waals surface area contributed by atoms with Gasteiger partial charge in [0, 0.05) is 52.3 Å². The summed E-state index contributed by atoms with van der Waals surface area (Å²) in [6.07, 6.45) is 2.52. The molecule has 7 nitrogen and oxygen atoms in total. The zero-order valence-corrected chi connectivity index (χ0v) is 16.3. The molecule has 1 fully saturated rings. The van der Waals surface area contributed by atoms with E-state index in [4.69, 9.17) is 4.42 Å². The van der Waals surface area contributed by atoms with Crippen LogP contribution in [-0.4, -0.2) is 72.7 Å². The Morgan fingerprint density at radius 2 is 1.61 bits per heavy atom. The van der Waals surface area contributed by atoms with Crippen LogP contribution in [0.5, 0.6) is 0 Å². The van der Waals surface area contributed by atoms with E-state index in [0.717, 1.165) is 5.56 Å². The summed E-state index contributed by atoms with van der Waals surface area (Å²) in [5.74, 6) is 0.239. The van der Waals surface area contributed by atoms with Gasteiger partial charge in [-0.15, -0.1) is 0 Å². The molecule has 0 spiro atoms. The molecular formula is C21H25N3O4. The number of rotatable bonds is 5. The van der Waals surface area contributed by atoms with Gasteiger partial charge in [-0.25, -0.2) is 0 Å². The smallest absolute Gasteiger partial charge is 0.289 e. The van der Waals surface area contributed by atoms with E-state index in [-0.39, 0.29) is 17.7 Å². The van der Waals surface area contributed by atoms with Crippen molar-refractivity contribution in [2.24, 2.45) is 0 Å². The van der Waals surface area contributed by atoms with E-state index in [2.05, 4.69) is 0 Å². The first-order valence-corrected chi connectivity index (χ1v) is 9.37. The molecule has 3 amide bonds. The zero-order chi connectivity index (χ0) is 20.1. The summed E-state index contributed by atoms with van der Waals surface area (Å²) in [6, 6.07) is 10.7. The third kappa shape index (κ3) is 4.60. The Morgan fingerprint density at radius 3 is 2.18 bits per heavy atom. The van der Waals surface area contributed by atoms with Gasteiger partial charge in [0.25, 0.3) is 11.8 Å². The molecule has 1 aliphatic heterocycles. The number of benzene rings is 1. The first-order valence-electron chi connectivity index (χ1n) is 9.37. The number of hydrogen-bond acceptors (Lipinski definition) is 4. The average Bonchev–Trinajstić information content (AvgIpc) is 3.26. The lowest BCUT2D eigenvalue weighted by Crippen LogP contribution is -2.50. The van der Waals surface area contributed by atoms with Crippen molar-refractivity contribution in [1.82, 2.24) is 14.7 Å². The van der Waals surface area contributed by atoms with Crippen molar-refractivity contribution in [2.45, 2.75) is 12.8 Å². The largest absolute Gasteiger partial charge is 0.459 e. The number of carbonyl (C=O) groups is 3. The molecular weight excluding hydrogens is 358 g/mol. The maximum absolute atomic E-state index is 12.5. The molecule has 0 bridgehead atoms. The number of carbonyl (C=O) groups excluding carboxylic acids is 3. The van der Waals surface area contributed by atoms with Crippen molar-refractivity contribution >= 4 is 17.7 Å². The van der Waals surface area contributed by atoms with E-state index in [9.17, 15) is 14.4 Å². The van der Waals surface area contributed by atoms with Crippen LogP contribution < -0.4 is 0 Å². The van der Waals surface area contributed by atoms with Crippen molar-refractivity contribution in [3.63, 3.8) is 0 Å². The van der Waals surface area contributed by atoms with Crippen LogP contribution in [0.1, 0.15) is 32.9 Å². The SMILES string of the molecule is CN(C)C(=O)c1ccc(CCC(=O)N2CCN(C(=O)c3ccco3)CC2)cc1. The summed E-state index contributed by atoms with van der Waals surface area (Å²) in [6.45, 7) is 2.07. The van der Waals surface area contributed by atoms with E-state index in [1.54, 1.807) is 48.2 Å². The molecule has 1 aliphatic rings. The standard InChI is InChI=1S/C21H25N3O4/c1-22(2)20(26)17-8-5-16(6-9-17)7-10-19(25)23-11-13-24(14-12-23)21(27)18-4-3-15-28-18/h3-6,8-9,15H,7,10-14H2,1-2H3. The second-order valence-corrected chi connectivity index (χ2v) is 7.05. The molecule has 0 saturated carbocycles. The second kappa shape index (κ2) is 8.73. The summed E-state index contributed by atoms with van der Waals surface area (Å²) >= 11 is 0. The lowest BCUT2D eigenvalue weighted by Gasteiger charge is -2.34. The summed E-state index contributed by atoms with van der Waals surface area (Å²) in [5, 5.41) is 0. The van der Waals surface area contributed by atoms with Crippen LogP contribution in [0.2, 0.25) is 0 Å². The Hall–Kier alpha value is -3.09. The Labute approximate surface area is 164 Å². The quantitative estimate of drug-likeness (QED) is 0.790. The minimum Gasteiger partial charge on any atom is -0.459 e. The molecule has 0 aliphatic carbocycles. The number of aryl methyl sites for hydroxylation is 1. The number of furan rings is 1. The van der Waals surface area contributed by atoms with Crippen LogP contribution in [0.4, 0.5) is 0 Å². The van der Waals surface area contributed by atoms with E-state index < -0.39 is 0 Å². The molecule has 1 saturated heterocycles. The van der Waals surface area contributed by atoms with Crippen LogP contribution in [0, 0.1) is 0 Å². The maximum Gasteiger partial charge on any atom is 0.289 e. The fraction of sp³-hybridized carbons (Fsp3) is 0.381. The van der Waals surface area contributed by atoms with Crippen LogP contribution in [0.25, 0.3) is 0 Å². The fourth-order valence-corrected chi connectivity index (χ4v) is 3.20. The number of nitrogens with zero attached hydrogens (tertiary/aromatic N) is 3. The van der Waals surface area contributed by atoms with Gasteiger partial charge in [0.15, 0.2) is 5.76 Å². The van der Waals surface area contributed by atoms with Crippen LogP contribution in [-0.2, 0) is 11.2 Å². The minimum atomic E-state index is -0.135. The molecule has 0 unspecified atom stereocenters. The van der Waals surface area contributed by atoms with Crippen LogP contribution >= 0.6 is 0 Å². The molecule has 148 valence electrons. The topological polar surface area (TPSA) is 74.1 Å². The highest BCUT2D eigenvalue weighted by atomic mass is 16.3. The molecule has 0 atom stereocenters. The molecule has 1 aromatic heterocycles. The third-order valence-corrected chi connectivity index (χ3v) is 4.89. The first-order chi connectivity index (χ1) is 13.5. The maximum atomic E-state index is 12.5. The Balaban J connectivity index is 1.46. The summed E-state index contributed by atoms with van der Waals surface area (Å²) in [7, 11) is 3.44. The van der Waals surface area contributed by atoms with Crippen molar-refractivity contribution in [3.8, 4) is 0 Å². The van der Waals surface area contributed by atoms with Crippen molar-refractivity contribution in [2.75, 3.05) is 40.3 Å².